The van der Waals surface area contributed by atoms with Crippen molar-refractivity contribution in [3.05, 3.63) is 23.8 Å². The van der Waals surface area contributed by atoms with E-state index in [0.29, 0.717) is 31.0 Å². The Balaban J connectivity index is 1.85. The molecule has 2 amide bonds. The predicted octanol–water partition coefficient (Wildman–Crippen LogP) is 2.44. The Morgan fingerprint density at radius 1 is 1.38 bits per heavy atom. The third-order valence-electron chi connectivity index (χ3n) is 3.98. The fourth-order valence-corrected chi connectivity index (χ4v) is 2.53. The summed E-state index contributed by atoms with van der Waals surface area (Å²) in [6, 6.07) is 4.43. The maximum Gasteiger partial charge on any atom is 0.387 e. The van der Waals surface area contributed by atoms with E-state index >= 15 is 0 Å². The van der Waals surface area contributed by atoms with Gasteiger partial charge in [-0.1, -0.05) is 6.07 Å². The fraction of sp³-hybridized carbons (Fsp3) is 0.562. The molecule has 0 spiro atoms. The number of nitrogens with zero attached hydrogens (tertiary/aromatic N) is 1. The summed E-state index contributed by atoms with van der Waals surface area (Å²) in [6.07, 6.45) is 0. The third-order valence-corrected chi connectivity index (χ3v) is 3.98. The molecule has 0 aromatic heterocycles. The number of halogens is 2. The van der Waals surface area contributed by atoms with E-state index < -0.39 is 6.61 Å². The standard InChI is InChI=1S/C16H23F2N3O3/c1-11(21-6-8-23-9-7-21)10-19-16(22)20-13-4-3-5-14(12(13)2)24-15(17)18/h3-5,11,15H,6-10H2,1-2H3,(H2,19,20,22). The summed E-state index contributed by atoms with van der Waals surface area (Å²) in [4.78, 5) is 14.3. The lowest BCUT2D eigenvalue weighted by Crippen LogP contribution is -2.47. The highest BCUT2D eigenvalue weighted by molar-refractivity contribution is 5.90. The minimum Gasteiger partial charge on any atom is -0.434 e. The number of benzene rings is 1. The lowest BCUT2D eigenvalue weighted by molar-refractivity contribution is -0.0502. The predicted molar refractivity (Wildman–Crippen MR) is 86.7 cm³/mol. The van der Waals surface area contributed by atoms with Gasteiger partial charge in [-0.05, 0) is 26.0 Å². The summed E-state index contributed by atoms with van der Waals surface area (Å²) in [5, 5.41) is 5.46. The normalized spacial score (nSPS) is 16.7. The molecule has 0 bridgehead atoms. The first-order chi connectivity index (χ1) is 11.5. The summed E-state index contributed by atoms with van der Waals surface area (Å²) < 4.78 is 34.4. The van der Waals surface area contributed by atoms with Crippen molar-refractivity contribution < 1.29 is 23.0 Å². The molecule has 1 atom stereocenters. The van der Waals surface area contributed by atoms with Crippen molar-refractivity contribution in [2.45, 2.75) is 26.5 Å². The molecule has 1 aromatic rings. The minimum absolute atomic E-state index is 0.0458. The molecule has 0 radical (unpaired) electrons. The number of amides is 2. The average Bonchev–Trinajstić information content (AvgIpc) is 2.56. The molecule has 1 aliphatic heterocycles. The van der Waals surface area contributed by atoms with Crippen LogP contribution < -0.4 is 15.4 Å². The second-order valence-electron chi connectivity index (χ2n) is 5.64. The Hall–Kier alpha value is -1.93. The van der Waals surface area contributed by atoms with Crippen LogP contribution in [0.3, 0.4) is 0 Å². The Kier molecular flexibility index (Phi) is 6.74. The molecule has 6 nitrogen and oxygen atoms in total. The Labute approximate surface area is 140 Å². The van der Waals surface area contributed by atoms with E-state index in [1.54, 1.807) is 19.1 Å². The van der Waals surface area contributed by atoms with Gasteiger partial charge in [-0.3, -0.25) is 4.90 Å². The number of anilines is 1. The molecule has 1 unspecified atom stereocenters. The maximum absolute atomic E-state index is 12.3. The van der Waals surface area contributed by atoms with Crippen molar-refractivity contribution in [2.75, 3.05) is 38.2 Å². The highest BCUT2D eigenvalue weighted by Crippen LogP contribution is 2.26. The summed E-state index contributed by atoms with van der Waals surface area (Å²) in [5.74, 6) is 0.0458. The monoisotopic (exact) mass is 343 g/mol. The third kappa shape index (κ3) is 5.31. The largest absolute Gasteiger partial charge is 0.434 e. The molecule has 1 heterocycles. The van der Waals surface area contributed by atoms with Gasteiger partial charge in [-0.2, -0.15) is 8.78 Å². The molecule has 1 fully saturated rings. The summed E-state index contributed by atoms with van der Waals surface area (Å²) >= 11 is 0. The number of hydrogen-bond acceptors (Lipinski definition) is 4. The van der Waals surface area contributed by atoms with Crippen molar-refractivity contribution in [2.24, 2.45) is 0 Å². The van der Waals surface area contributed by atoms with E-state index in [2.05, 4.69) is 20.3 Å². The molecule has 1 aliphatic rings. The maximum atomic E-state index is 12.3. The zero-order chi connectivity index (χ0) is 17.5. The van der Waals surface area contributed by atoms with Crippen molar-refractivity contribution in [3.8, 4) is 5.75 Å². The van der Waals surface area contributed by atoms with Crippen LogP contribution in [0.2, 0.25) is 0 Å². The van der Waals surface area contributed by atoms with Gasteiger partial charge in [0, 0.05) is 36.9 Å². The Bertz CT molecular complexity index is 551. The lowest BCUT2D eigenvalue weighted by atomic mass is 10.2. The van der Waals surface area contributed by atoms with Crippen LogP contribution in [0.1, 0.15) is 12.5 Å². The number of urea groups is 1. The topological polar surface area (TPSA) is 62.8 Å². The Morgan fingerprint density at radius 3 is 2.75 bits per heavy atom. The van der Waals surface area contributed by atoms with Gasteiger partial charge in [-0.25, -0.2) is 4.79 Å². The number of hydrogen-bond donors (Lipinski definition) is 2. The first-order valence-electron chi connectivity index (χ1n) is 7.88. The van der Waals surface area contributed by atoms with E-state index in [1.807, 2.05) is 6.92 Å². The number of rotatable bonds is 6. The number of nitrogens with one attached hydrogen (secondary N) is 2. The van der Waals surface area contributed by atoms with Gasteiger partial charge in [0.05, 0.1) is 13.2 Å². The number of ether oxygens (including phenoxy) is 2. The zero-order valence-electron chi connectivity index (χ0n) is 13.9. The quantitative estimate of drug-likeness (QED) is 0.833. The van der Waals surface area contributed by atoms with Gasteiger partial charge in [0.15, 0.2) is 0 Å². The van der Waals surface area contributed by atoms with Gasteiger partial charge < -0.3 is 20.1 Å². The van der Waals surface area contributed by atoms with Crippen molar-refractivity contribution in [1.29, 1.82) is 0 Å². The van der Waals surface area contributed by atoms with Crippen LogP contribution in [0.5, 0.6) is 5.75 Å². The van der Waals surface area contributed by atoms with Gasteiger partial charge in [0.1, 0.15) is 5.75 Å². The van der Waals surface area contributed by atoms with Crippen molar-refractivity contribution >= 4 is 11.7 Å². The molecule has 2 N–H and O–H groups in total. The molecule has 8 heteroatoms. The van der Waals surface area contributed by atoms with Gasteiger partial charge in [-0.15, -0.1) is 0 Å². The molecule has 1 saturated heterocycles. The molecular weight excluding hydrogens is 320 g/mol. The molecule has 1 aromatic carbocycles. The van der Waals surface area contributed by atoms with Crippen molar-refractivity contribution in [3.63, 3.8) is 0 Å². The first kappa shape index (κ1) is 18.4. The number of alkyl halides is 2. The number of carbonyl (C=O) groups is 1. The molecule has 24 heavy (non-hydrogen) atoms. The van der Waals surface area contributed by atoms with E-state index in [-0.39, 0.29) is 17.8 Å². The van der Waals surface area contributed by atoms with Gasteiger partial charge in [0.2, 0.25) is 0 Å². The zero-order valence-corrected chi connectivity index (χ0v) is 13.9. The second-order valence-corrected chi connectivity index (χ2v) is 5.64. The van der Waals surface area contributed by atoms with Crippen LogP contribution in [0.15, 0.2) is 18.2 Å². The summed E-state index contributed by atoms with van der Waals surface area (Å²) in [6.45, 7) is 4.32. The van der Waals surface area contributed by atoms with Crippen LogP contribution in [0, 0.1) is 6.92 Å². The highest BCUT2D eigenvalue weighted by atomic mass is 19.3. The van der Waals surface area contributed by atoms with Crippen LogP contribution in [0.4, 0.5) is 19.3 Å². The fourth-order valence-electron chi connectivity index (χ4n) is 2.53. The molecule has 2 rings (SSSR count). The second kappa shape index (κ2) is 8.79. The van der Waals surface area contributed by atoms with E-state index in [4.69, 9.17) is 4.74 Å². The molecule has 134 valence electrons. The molecule has 0 saturated carbocycles. The van der Waals surface area contributed by atoms with Gasteiger partial charge >= 0.3 is 12.6 Å². The summed E-state index contributed by atoms with van der Waals surface area (Å²) in [7, 11) is 0. The molecular formula is C16H23F2N3O3. The smallest absolute Gasteiger partial charge is 0.387 e. The van der Waals surface area contributed by atoms with Crippen molar-refractivity contribution in [1.82, 2.24) is 10.2 Å². The van der Waals surface area contributed by atoms with E-state index in [1.165, 1.54) is 6.07 Å². The minimum atomic E-state index is -2.90. The van der Waals surface area contributed by atoms with E-state index in [0.717, 1.165) is 13.1 Å². The number of carbonyl (C=O) groups excluding carboxylic acids is 1. The van der Waals surface area contributed by atoms with Crippen LogP contribution in [-0.2, 0) is 4.74 Å². The Morgan fingerprint density at radius 2 is 2.08 bits per heavy atom. The van der Waals surface area contributed by atoms with Crippen LogP contribution in [0.25, 0.3) is 0 Å². The SMILES string of the molecule is Cc1c(NC(=O)NCC(C)N2CCOCC2)cccc1OC(F)F. The first-order valence-corrected chi connectivity index (χ1v) is 7.88. The highest BCUT2D eigenvalue weighted by Gasteiger charge is 2.18. The molecule has 0 aliphatic carbocycles. The number of morpholine rings is 1. The van der Waals surface area contributed by atoms with Gasteiger partial charge in [0.25, 0.3) is 0 Å². The lowest BCUT2D eigenvalue weighted by Gasteiger charge is -2.32. The van der Waals surface area contributed by atoms with E-state index in [9.17, 15) is 13.6 Å². The summed E-state index contributed by atoms with van der Waals surface area (Å²) in [5.41, 5.74) is 0.888. The van der Waals surface area contributed by atoms with Crippen LogP contribution in [-0.4, -0.2) is 56.4 Å². The van der Waals surface area contributed by atoms with Crippen LogP contribution >= 0.6 is 0 Å². The average molecular weight is 343 g/mol.